The number of amides is 1. The number of pyridine rings is 1. The topological polar surface area (TPSA) is 72.7 Å². The average molecular weight is 458 g/mol. The number of benzene rings is 2. The number of carbonyl (C=O) groups excluding carboxylic acids is 1. The van der Waals surface area contributed by atoms with E-state index in [1.807, 2.05) is 60.0 Å². The quantitative estimate of drug-likeness (QED) is 0.363. The van der Waals surface area contributed by atoms with Crippen molar-refractivity contribution in [2.24, 2.45) is 0 Å². The summed E-state index contributed by atoms with van der Waals surface area (Å²) in [6, 6.07) is 22.3. The Morgan fingerprint density at radius 3 is 2.48 bits per heavy atom. The van der Waals surface area contributed by atoms with Crippen LogP contribution in [0.15, 0.2) is 84.3 Å². The minimum absolute atomic E-state index is 0.00893. The molecule has 2 heterocycles. The van der Waals surface area contributed by atoms with E-state index in [1.165, 1.54) is 17.3 Å². The van der Waals surface area contributed by atoms with E-state index in [1.54, 1.807) is 12.4 Å². The van der Waals surface area contributed by atoms with Gasteiger partial charge in [0.25, 0.3) is 0 Å². The summed E-state index contributed by atoms with van der Waals surface area (Å²) in [5.74, 6) is 0.993. The number of hydrogen-bond acceptors (Lipinski definition) is 5. The summed E-state index contributed by atoms with van der Waals surface area (Å²) in [4.78, 5) is 16.7. The molecule has 7 heteroatoms. The number of aromatic nitrogens is 4. The van der Waals surface area contributed by atoms with Crippen LogP contribution in [0.25, 0.3) is 17.1 Å². The standard InChI is InChI=1S/C26H27N5OS/c1-19-8-6-7-11-23(19)31-25(22-14-16-27-17-15-22)29-30-26(31)33-18-24(32)28-20(2)12-13-21-9-4-3-5-10-21/h3-11,14-17,20H,12-13,18H2,1-2H3,(H,28,32). The third-order valence-electron chi connectivity index (χ3n) is 5.38. The fraction of sp³-hybridized carbons (Fsp3) is 0.231. The molecular formula is C26H27N5OS. The normalized spacial score (nSPS) is 11.8. The number of thioether (sulfide) groups is 1. The van der Waals surface area contributed by atoms with Crippen molar-refractivity contribution >= 4 is 17.7 Å². The Labute approximate surface area is 198 Å². The maximum absolute atomic E-state index is 12.6. The summed E-state index contributed by atoms with van der Waals surface area (Å²) in [7, 11) is 0. The van der Waals surface area contributed by atoms with E-state index in [9.17, 15) is 4.79 Å². The van der Waals surface area contributed by atoms with Gasteiger partial charge < -0.3 is 5.32 Å². The molecule has 1 amide bonds. The van der Waals surface area contributed by atoms with Gasteiger partial charge in [-0.1, -0.05) is 60.3 Å². The maximum atomic E-state index is 12.6. The molecule has 4 rings (SSSR count). The number of nitrogens with one attached hydrogen (secondary N) is 1. The Bertz CT molecular complexity index is 1190. The summed E-state index contributed by atoms with van der Waals surface area (Å²) < 4.78 is 2.02. The van der Waals surface area contributed by atoms with E-state index in [0.717, 1.165) is 35.5 Å². The highest BCUT2D eigenvalue weighted by molar-refractivity contribution is 7.99. The van der Waals surface area contributed by atoms with Crippen LogP contribution in [0.1, 0.15) is 24.5 Å². The van der Waals surface area contributed by atoms with Gasteiger partial charge in [0.15, 0.2) is 11.0 Å². The molecule has 33 heavy (non-hydrogen) atoms. The molecule has 0 saturated carbocycles. The van der Waals surface area contributed by atoms with Gasteiger partial charge in [0, 0.05) is 24.0 Å². The number of nitrogens with zero attached hydrogens (tertiary/aromatic N) is 4. The molecule has 0 aliphatic rings. The van der Waals surface area contributed by atoms with Gasteiger partial charge in [-0.15, -0.1) is 10.2 Å². The van der Waals surface area contributed by atoms with E-state index in [2.05, 4.69) is 45.6 Å². The maximum Gasteiger partial charge on any atom is 0.230 e. The lowest BCUT2D eigenvalue weighted by Crippen LogP contribution is -2.34. The van der Waals surface area contributed by atoms with Crippen molar-refractivity contribution in [2.45, 2.75) is 37.9 Å². The molecule has 1 unspecified atom stereocenters. The number of aryl methyl sites for hydroxylation is 2. The molecule has 168 valence electrons. The van der Waals surface area contributed by atoms with Gasteiger partial charge in [-0.2, -0.15) is 0 Å². The molecule has 0 fully saturated rings. The van der Waals surface area contributed by atoms with Crippen LogP contribution in [-0.4, -0.2) is 37.5 Å². The average Bonchev–Trinajstić information content (AvgIpc) is 3.27. The summed E-state index contributed by atoms with van der Waals surface area (Å²) in [6.45, 7) is 4.10. The Morgan fingerprint density at radius 2 is 1.73 bits per heavy atom. The molecule has 2 aromatic carbocycles. The zero-order valence-corrected chi connectivity index (χ0v) is 19.6. The molecule has 4 aromatic rings. The van der Waals surface area contributed by atoms with Crippen LogP contribution in [0.3, 0.4) is 0 Å². The Kier molecular flexibility index (Phi) is 7.52. The highest BCUT2D eigenvalue weighted by Crippen LogP contribution is 2.29. The van der Waals surface area contributed by atoms with Crippen molar-refractivity contribution in [3.05, 3.63) is 90.3 Å². The van der Waals surface area contributed by atoms with Crippen molar-refractivity contribution in [2.75, 3.05) is 5.75 Å². The van der Waals surface area contributed by atoms with E-state index in [0.29, 0.717) is 5.16 Å². The molecule has 0 aliphatic carbocycles. The van der Waals surface area contributed by atoms with Gasteiger partial charge in [-0.05, 0) is 56.0 Å². The second-order valence-corrected chi connectivity index (χ2v) is 8.89. The zero-order valence-electron chi connectivity index (χ0n) is 18.8. The molecule has 0 spiro atoms. The minimum Gasteiger partial charge on any atom is -0.353 e. The predicted molar refractivity (Wildman–Crippen MR) is 132 cm³/mol. The van der Waals surface area contributed by atoms with Crippen LogP contribution in [0, 0.1) is 6.92 Å². The highest BCUT2D eigenvalue weighted by atomic mass is 32.2. The first kappa shape index (κ1) is 22.7. The van der Waals surface area contributed by atoms with Gasteiger partial charge in [0.05, 0.1) is 11.4 Å². The number of para-hydroxylation sites is 1. The van der Waals surface area contributed by atoms with E-state index in [4.69, 9.17) is 0 Å². The molecule has 0 aliphatic heterocycles. The van der Waals surface area contributed by atoms with E-state index >= 15 is 0 Å². The first-order valence-electron chi connectivity index (χ1n) is 11.0. The molecular weight excluding hydrogens is 430 g/mol. The second-order valence-electron chi connectivity index (χ2n) is 7.95. The Morgan fingerprint density at radius 1 is 1.00 bits per heavy atom. The summed E-state index contributed by atoms with van der Waals surface area (Å²) in [5.41, 5.74) is 4.30. The van der Waals surface area contributed by atoms with Gasteiger partial charge >= 0.3 is 0 Å². The van der Waals surface area contributed by atoms with Gasteiger partial charge in [-0.25, -0.2) is 0 Å². The van der Waals surface area contributed by atoms with Crippen LogP contribution >= 0.6 is 11.8 Å². The van der Waals surface area contributed by atoms with Crippen LogP contribution in [0.4, 0.5) is 0 Å². The molecule has 0 bridgehead atoms. The fourth-order valence-corrected chi connectivity index (χ4v) is 4.39. The Hall–Kier alpha value is -3.45. The minimum atomic E-state index is -0.00893. The lowest BCUT2D eigenvalue weighted by atomic mass is 10.1. The number of carbonyl (C=O) groups is 1. The summed E-state index contributed by atoms with van der Waals surface area (Å²) in [5, 5.41) is 12.6. The van der Waals surface area contributed by atoms with Gasteiger partial charge in [0.1, 0.15) is 0 Å². The molecule has 2 aromatic heterocycles. The molecule has 6 nitrogen and oxygen atoms in total. The largest absolute Gasteiger partial charge is 0.353 e. The fourth-order valence-electron chi connectivity index (χ4n) is 3.63. The molecule has 0 saturated heterocycles. The second kappa shape index (κ2) is 10.9. The molecule has 0 radical (unpaired) electrons. The van der Waals surface area contributed by atoms with Gasteiger partial charge in [0.2, 0.25) is 5.91 Å². The van der Waals surface area contributed by atoms with Crippen LogP contribution in [-0.2, 0) is 11.2 Å². The monoisotopic (exact) mass is 457 g/mol. The van der Waals surface area contributed by atoms with Crippen LogP contribution in [0.5, 0.6) is 0 Å². The lowest BCUT2D eigenvalue weighted by molar-refractivity contribution is -0.119. The predicted octanol–water partition coefficient (Wildman–Crippen LogP) is 4.87. The lowest BCUT2D eigenvalue weighted by Gasteiger charge is -2.15. The van der Waals surface area contributed by atoms with Crippen LogP contribution in [0.2, 0.25) is 0 Å². The third kappa shape index (κ3) is 5.87. The zero-order chi connectivity index (χ0) is 23.0. The van der Waals surface area contributed by atoms with Gasteiger partial charge in [-0.3, -0.25) is 14.3 Å². The smallest absolute Gasteiger partial charge is 0.230 e. The summed E-state index contributed by atoms with van der Waals surface area (Å²) >= 11 is 1.39. The SMILES string of the molecule is Cc1ccccc1-n1c(SCC(=O)NC(C)CCc2ccccc2)nnc1-c1ccncc1. The van der Waals surface area contributed by atoms with E-state index < -0.39 is 0 Å². The van der Waals surface area contributed by atoms with Crippen LogP contribution < -0.4 is 5.32 Å². The first-order valence-corrected chi connectivity index (χ1v) is 12.0. The molecule has 1 atom stereocenters. The van der Waals surface area contributed by atoms with E-state index in [-0.39, 0.29) is 17.7 Å². The van der Waals surface area contributed by atoms with Crippen molar-refractivity contribution in [3.63, 3.8) is 0 Å². The van der Waals surface area contributed by atoms with Crippen molar-refractivity contribution in [3.8, 4) is 17.1 Å². The number of rotatable bonds is 9. The Balaban J connectivity index is 1.45. The van der Waals surface area contributed by atoms with Crippen molar-refractivity contribution in [1.29, 1.82) is 0 Å². The summed E-state index contributed by atoms with van der Waals surface area (Å²) in [6.07, 6.45) is 5.31. The highest BCUT2D eigenvalue weighted by Gasteiger charge is 2.18. The number of hydrogen-bond donors (Lipinski definition) is 1. The third-order valence-corrected chi connectivity index (χ3v) is 6.31. The first-order chi connectivity index (χ1) is 16.1. The van der Waals surface area contributed by atoms with Crippen molar-refractivity contribution < 1.29 is 4.79 Å². The molecule has 1 N–H and O–H groups in total. The van der Waals surface area contributed by atoms with Crippen molar-refractivity contribution in [1.82, 2.24) is 25.1 Å².